The lowest BCUT2D eigenvalue weighted by Gasteiger charge is -2.25. The number of fused-ring (bicyclic) bond motifs is 1. The number of halogens is 1. The van der Waals surface area contributed by atoms with Gasteiger partial charge in [-0.15, -0.1) is 0 Å². The highest BCUT2D eigenvalue weighted by molar-refractivity contribution is 7.89. The summed E-state index contributed by atoms with van der Waals surface area (Å²) in [5.41, 5.74) is 0.720. The first-order valence-corrected chi connectivity index (χ1v) is 9.63. The average Bonchev–Trinajstić information content (AvgIpc) is 2.97. The predicted octanol–water partition coefficient (Wildman–Crippen LogP) is 3.24. The van der Waals surface area contributed by atoms with Crippen LogP contribution < -0.4 is 0 Å². The molecule has 0 fully saturated rings. The molecule has 1 aliphatic rings. The Morgan fingerprint density at radius 1 is 1.36 bits per heavy atom. The zero-order valence-corrected chi connectivity index (χ0v) is 15.8. The van der Waals surface area contributed by atoms with Gasteiger partial charge in [0.15, 0.2) is 5.89 Å². The van der Waals surface area contributed by atoms with Crippen LogP contribution in [0.1, 0.15) is 43.7 Å². The number of rotatable bonds is 2. The van der Waals surface area contributed by atoms with Gasteiger partial charge in [0.25, 0.3) is 0 Å². The van der Waals surface area contributed by atoms with E-state index in [2.05, 4.69) is 4.98 Å². The van der Waals surface area contributed by atoms with Crippen molar-refractivity contribution in [3.05, 3.63) is 46.1 Å². The van der Waals surface area contributed by atoms with Gasteiger partial charge in [0.1, 0.15) is 10.7 Å². The van der Waals surface area contributed by atoms with Crippen molar-refractivity contribution in [3.8, 4) is 6.07 Å². The second-order valence-corrected chi connectivity index (χ2v) is 9.30. The number of aromatic nitrogens is 1. The lowest BCUT2D eigenvalue weighted by Crippen LogP contribution is -2.36. The van der Waals surface area contributed by atoms with Crippen LogP contribution in [0.25, 0.3) is 0 Å². The number of benzene rings is 1. The van der Waals surface area contributed by atoms with Crippen molar-refractivity contribution in [1.29, 1.82) is 5.26 Å². The topological polar surface area (TPSA) is 87.2 Å². The first-order valence-electron chi connectivity index (χ1n) is 7.82. The Balaban J connectivity index is 1.93. The average molecular weight is 380 g/mol. The maximum absolute atomic E-state index is 12.9. The van der Waals surface area contributed by atoms with Crippen molar-refractivity contribution in [2.75, 3.05) is 6.54 Å². The lowest BCUT2D eigenvalue weighted by atomic mass is 9.97. The van der Waals surface area contributed by atoms with Crippen LogP contribution in [-0.4, -0.2) is 24.3 Å². The van der Waals surface area contributed by atoms with E-state index in [9.17, 15) is 8.42 Å². The molecule has 25 heavy (non-hydrogen) atoms. The van der Waals surface area contributed by atoms with E-state index in [1.807, 2.05) is 26.8 Å². The highest BCUT2D eigenvalue weighted by Crippen LogP contribution is 2.31. The molecule has 0 aliphatic carbocycles. The van der Waals surface area contributed by atoms with E-state index in [1.165, 1.54) is 22.5 Å². The summed E-state index contributed by atoms with van der Waals surface area (Å²) in [6.45, 7) is 6.43. The Morgan fingerprint density at radius 2 is 2.08 bits per heavy atom. The molecule has 2 heterocycles. The summed E-state index contributed by atoms with van der Waals surface area (Å²) in [7, 11) is -3.78. The minimum Gasteiger partial charge on any atom is -0.445 e. The Kier molecular flexibility index (Phi) is 4.40. The van der Waals surface area contributed by atoms with E-state index in [-0.39, 0.29) is 21.9 Å². The van der Waals surface area contributed by atoms with Crippen molar-refractivity contribution in [3.63, 3.8) is 0 Å². The van der Waals surface area contributed by atoms with Gasteiger partial charge in [-0.1, -0.05) is 32.4 Å². The monoisotopic (exact) mass is 379 g/mol. The summed E-state index contributed by atoms with van der Waals surface area (Å²) in [6, 6.07) is 6.12. The van der Waals surface area contributed by atoms with E-state index < -0.39 is 10.0 Å². The molecular weight excluding hydrogens is 362 g/mol. The van der Waals surface area contributed by atoms with Crippen molar-refractivity contribution < 1.29 is 12.8 Å². The maximum Gasteiger partial charge on any atom is 0.244 e. The smallest absolute Gasteiger partial charge is 0.244 e. The third-order valence-corrected chi connectivity index (χ3v) is 6.34. The molecule has 0 saturated heterocycles. The SMILES string of the molecule is CC(C)(C)c1nc2c(o1)CCN(S(=O)(=O)c1ccc(C#N)cc1Cl)C2. The number of nitriles is 1. The molecule has 0 spiro atoms. The molecule has 6 nitrogen and oxygen atoms in total. The number of hydrogen-bond donors (Lipinski definition) is 0. The van der Waals surface area contributed by atoms with E-state index in [0.29, 0.717) is 30.1 Å². The van der Waals surface area contributed by atoms with Crippen molar-refractivity contribution in [2.45, 2.75) is 44.0 Å². The van der Waals surface area contributed by atoms with Crippen LogP contribution in [0, 0.1) is 11.3 Å². The van der Waals surface area contributed by atoms with Crippen molar-refractivity contribution in [2.24, 2.45) is 0 Å². The van der Waals surface area contributed by atoms with Gasteiger partial charge in [0.2, 0.25) is 10.0 Å². The largest absolute Gasteiger partial charge is 0.445 e. The van der Waals surface area contributed by atoms with Crippen molar-refractivity contribution >= 4 is 21.6 Å². The Hall–Kier alpha value is -1.88. The van der Waals surface area contributed by atoms with Crippen molar-refractivity contribution in [1.82, 2.24) is 9.29 Å². The first kappa shape index (κ1) is 17.9. The molecule has 3 rings (SSSR count). The van der Waals surface area contributed by atoms with E-state index in [4.69, 9.17) is 21.3 Å². The van der Waals surface area contributed by atoms with Gasteiger partial charge in [-0.05, 0) is 18.2 Å². The Morgan fingerprint density at radius 3 is 2.68 bits per heavy atom. The Bertz CT molecular complexity index is 968. The van der Waals surface area contributed by atoms with Crippen LogP contribution in [0.2, 0.25) is 5.02 Å². The molecule has 0 bridgehead atoms. The summed E-state index contributed by atoms with van der Waals surface area (Å²) in [5.74, 6) is 1.34. The zero-order valence-electron chi connectivity index (χ0n) is 14.2. The second kappa shape index (κ2) is 6.13. The zero-order chi connectivity index (χ0) is 18.4. The number of sulfonamides is 1. The minimum atomic E-state index is -3.78. The van der Waals surface area contributed by atoms with Crippen LogP contribution in [-0.2, 0) is 28.4 Å². The normalized spacial score (nSPS) is 15.6. The second-order valence-electron chi connectivity index (χ2n) is 6.98. The molecule has 132 valence electrons. The van der Waals surface area contributed by atoms with Crippen LogP contribution in [0.5, 0.6) is 0 Å². The van der Waals surface area contributed by atoms with Gasteiger partial charge in [0.05, 0.1) is 28.9 Å². The number of oxazole rings is 1. The highest BCUT2D eigenvalue weighted by atomic mass is 35.5. The van der Waals surface area contributed by atoms with Crippen LogP contribution in [0.15, 0.2) is 27.5 Å². The van der Waals surface area contributed by atoms with Crippen LogP contribution >= 0.6 is 11.6 Å². The quantitative estimate of drug-likeness (QED) is 0.799. The summed E-state index contributed by atoms with van der Waals surface area (Å²) < 4.78 is 33.0. The highest BCUT2D eigenvalue weighted by Gasteiger charge is 2.34. The summed E-state index contributed by atoms with van der Waals surface area (Å²) in [6.07, 6.45) is 0.464. The fourth-order valence-electron chi connectivity index (χ4n) is 2.62. The minimum absolute atomic E-state index is 0.00356. The number of hydrogen-bond acceptors (Lipinski definition) is 5. The molecule has 2 aromatic rings. The summed E-state index contributed by atoms with van der Waals surface area (Å²) in [5, 5.41) is 8.94. The van der Waals surface area contributed by atoms with E-state index >= 15 is 0 Å². The molecule has 0 saturated carbocycles. The third kappa shape index (κ3) is 3.30. The summed E-state index contributed by atoms with van der Waals surface area (Å²) in [4.78, 5) is 4.48. The standard InChI is InChI=1S/C17H18ClN3O3S/c1-17(2,3)16-20-13-10-21(7-6-14(13)24-16)25(22,23)15-5-4-11(9-19)8-12(15)18/h4-5,8H,6-7,10H2,1-3H3. The lowest BCUT2D eigenvalue weighted by molar-refractivity contribution is 0.338. The molecule has 0 amide bonds. The van der Waals surface area contributed by atoms with E-state index in [0.717, 1.165) is 5.76 Å². The maximum atomic E-state index is 12.9. The first-order chi connectivity index (χ1) is 11.6. The van der Waals surface area contributed by atoms with Gasteiger partial charge < -0.3 is 4.42 Å². The van der Waals surface area contributed by atoms with E-state index in [1.54, 1.807) is 0 Å². The molecule has 0 atom stereocenters. The predicted molar refractivity (Wildman–Crippen MR) is 92.7 cm³/mol. The van der Waals surface area contributed by atoms with Gasteiger partial charge >= 0.3 is 0 Å². The molecule has 1 aromatic carbocycles. The van der Waals surface area contributed by atoms with Gasteiger partial charge in [-0.3, -0.25) is 0 Å². The fourth-order valence-corrected chi connectivity index (χ4v) is 4.54. The number of nitrogens with zero attached hydrogens (tertiary/aromatic N) is 3. The molecule has 8 heteroatoms. The van der Waals surface area contributed by atoms with Crippen LogP contribution in [0.3, 0.4) is 0 Å². The third-order valence-electron chi connectivity index (χ3n) is 4.01. The molecule has 1 aliphatic heterocycles. The Labute approximate surface area is 152 Å². The van der Waals surface area contributed by atoms with Gasteiger partial charge in [-0.2, -0.15) is 9.57 Å². The summed E-state index contributed by atoms with van der Waals surface area (Å²) >= 11 is 6.08. The van der Waals surface area contributed by atoms with Crippen LogP contribution in [0.4, 0.5) is 0 Å². The molecule has 0 unspecified atom stereocenters. The molecule has 0 radical (unpaired) electrons. The molecule has 1 aromatic heterocycles. The van der Waals surface area contributed by atoms with Gasteiger partial charge in [0, 0.05) is 18.4 Å². The van der Waals surface area contributed by atoms with Gasteiger partial charge in [-0.25, -0.2) is 13.4 Å². The molecular formula is C17H18ClN3O3S. The molecule has 0 N–H and O–H groups in total. The fraction of sp³-hybridized carbons (Fsp3) is 0.412.